The van der Waals surface area contributed by atoms with Gasteiger partial charge in [0, 0.05) is 24.3 Å². The summed E-state index contributed by atoms with van der Waals surface area (Å²) in [4.78, 5) is 1.87. The van der Waals surface area contributed by atoms with Crippen molar-refractivity contribution in [1.82, 2.24) is 10.2 Å². The number of alkyl halides is 2. The molecule has 0 radical (unpaired) electrons. The molecule has 0 saturated carbocycles. The van der Waals surface area contributed by atoms with E-state index in [1.165, 1.54) is 0 Å². The van der Waals surface area contributed by atoms with Gasteiger partial charge in [0.25, 0.3) is 6.43 Å². The highest BCUT2D eigenvalue weighted by Gasteiger charge is 2.22. The lowest BCUT2D eigenvalue weighted by Crippen LogP contribution is -2.47. The first kappa shape index (κ1) is 18.1. The summed E-state index contributed by atoms with van der Waals surface area (Å²) < 4.78 is 24.8. The molecule has 3 nitrogen and oxygen atoms in total. The minimum Gasteiger partial charge on any atom is -0.381 e. The first-order chi connectivity index (χ1) is 11.0. The number of para-hydroxylation sites is 1. The Balaban J connectivity index is 1.74. The van der Waals surface area contributed by atoms with Gasteiger partial charge < -0.3 is 10.6 Å². The van der Waals surface area contributed by atoms with Crippen molar-refractivity contribution in [2.24, 2.45) is 5.92 Å². The van der Waals surface area contributed by atoms with E-state index < -0.39 is 6.43 Å². The second kappa shape index (κ2) is 9.18. The fourth-order valence-corrected chi connectivity index (χ4v) is 3.01. The molecule has 1 aliphatic rings. The normalized spacial score (nSPS) is 18.5. The Kier molecular flexibility index (Phi) is 7.24. The monoisotopic (exact) mass is 325 g/mol. The topological polar surface area (TPSA) is 27.3 Å². The van der Waals surface area contributed by atoms with E-state index in [9.17, 15) is 8.78 Å². The van der Waals surface area contributed by atoms with Gasteiger partial charge in [-0.25, -0.2) is 8.78 Å². The van der Waals surface area contributed by atoms with Gasteiger partial charge in [-0.2, -0.15) is 0 Å². The highest BCUT2D eigenvalue weighted by atomic mass is 19.3. The second-order valence-corrected chi connectivity index (χ2v) is 6.74. The van der Waals surface area contributed by atoms with Gasteiger partial charge in [0.05, 0.1) is 6.54 Å². The lowest BCUT2D eigenvalue weighted by molar-refractivity contribution is 0.0729. The van der Waals surface area contributed by atoms with E-state index in [0.717, 1.165) is 38.2 Å². The Morgan fingerprint density at radius 1 is 1.13 bits per heavy atom. The van der Waals surface area contributed by atoms with Crippen molar-refractivity contribution in [2.75, 3.05) is 31.5 Å². The standard InChI is InChI=1S/C18H29F2N3/c1-14(2)17(22-16-6-4-3-5-7-16)12-21-15-8-10-23(11-9-15)13-18(19)20/h3-7,14-15,17-18,21-22H,8-13H2,1-2H3/t17-/m0/s1. The van der Waals surface area contributed by atoms with Gasteiger partial charge in [0.15, 0.2) is 0 Å². The summed E-state index contributed by atoms with van der Waals surface area (Å²) in [5.74, 6) is 0.515. The molecule has 0 amide bonds. The zero-order valence-corrected chi connectivity index (χ0v) is 14.1. The van der Waals surface area contributed by atoms with Crippen LogP contribution in [0.25, 0.3) is 0 Å². The van der Waals surface area contributed by atoms with Crippen molar-refractivity contribution in [1.29, 1.82) is 0 Å². The van der Waals surface area contributed by atoms with Crippen LogP contribution in [0.5, 0.6) is 0 Å². The lowest BCUT2D eigenvalue weighted by atomic mass is 10.0. The van der Waals surface area contributed by atoms with Gasteiger partial charge in [-0.05, 0) is 44.0 Å². The largest absolute Gasteiger partial charge is 0.381 e. The Labute approximate surface area is 138 Å². The van der Waals surface area contributed by atoms with Gasteiger partial charge in [-0.3, -0.25) is 4.90 Å². The summed E-state index contributed by atoms with van der Waals surface area (Å²) in [5, 5.41) is 7.20. The second-order valence-electron chi connectivity index (χ2n) is 6.74. The fourth-order valence-electron chi connectivity index (χ4n) is 3.01. The van der Waals surface area contributed by atoms with E-state index in [4.69, 9.17) is 0 Å². The van der Waals surface area contributed by atoms with Gasteiger partial charge in [0.1, 0.15) is 0 Å². The molecule has 0 aliphatic carbocycles. The van der Waals surface area contributed by atoms with Crippen LogP contribution in [0.4, 0.5) is 14.5 Å². The number of hydrogen-bond donors (Lipinski definition) is 2. The van der Waals surface area contributed by atoms with E-state index in [1.807, 2.05) is 23.1 Å². The molecule has 2 N–H and O–H groups in total. The molecular formula is C18H29F2N3. The quantitative estimate of drug-likeness (QED) is 0.767. The third-order valence-electron chi connectivity index (χ3n) is 4.54. The van der Waals surface area contributed by atoms with Gasteiger partial charge in [-0.15, -0.1) is 0 Å². The van der Waals surface area contributed by atoms with Gasteiger partial charge >= 0.3 is 0 Å². The van der Waals surface area contributed by atoms with E-state index in [0.29, 0.717) is 18.0 Å². The minimum atomic E-state index is -2.22. The number of benzene rings is 1. The average Bonchev–Trinajstić information content (AvgIpc) is 2.53. The average molecular weight is 325 g/mol. The number of nitrogens with one attached hydrogen (secondary N) is 2. The Morgan fingerprint density at radius 3 is 2.35 bits per heavy atom. The predicted octanol–water partition coefficient (Wildman–Crippen LogP) is 3.44. The number of likely N-dealkylation sites (tertiary alicyclic amines) is 1. The summed E-state index contributed by atoms with van der Waals surface area (Å²) in [6.45, 7) is 6.77. The Hall–Kier alpha value is -1.20. The zero-order chi connectivity index (χ0) is 16.7. The SMILES string of the molecule is CC(C)[C@H](CNC1CCN(CC(F)F)CC1)Nc1ccccc1. The molecule has 130 valence electrons. The van der Waals surface area contributed by atoms with Crippen molar-refractivity contribution < 1.29 is 8.78 Å². The maximum absolute atomic E-state index is 12.4. The molecule has 1 saturated heterocycles. The van der Waals surface area contributed by atoms with E-state index >= 15 is 0 Å². The first-order valence-electron chi connectivity index (χ1n) is 8.60. The van der Waals surface area contributed by atoms with Crippen LogP contribution in [-0.2, 0) is 0 Å². The highest BCUT2D eigenvalue weighted by molar-refractivity contribution is 5.43. The van der Waals surface area contributed by atoms with Crippen LogP contribution in [-0.4, -0.2) is 49.6 Å². The molecule has 1 aromatic carbocycles. The summed E-state index contributed by atoms with van der Waals surface area (Å²) >= 11 is 0. The minimum absolute atomic E-state index is 0.0864. The van der Waals surface area contributed by atoms with E-state index in [1.54, 1.807) is 0 Å². The summed E-state index contributed by atoms with van der Waals surface area (Å²) in [7, 11) is 0. The molecule has 5 heteroatoms. The van der Waals surface area contributed by atoms with E-state index in [-0.39, 0.29) is 6.54 Å². The molecule has 0 aromatic heterocycles. The molecule has 0 bridgehead atoms. The number of anilines is 1. The first-order valence-corrected chi connectivity index (χ1v) is 8.60. The molecule has 2 rings (SSSR count). The third-order valence-corrected chi connectivity index (χ3v) is 4.54. The molecule has 1 aromatic rings. The summed E-state index contributed by atoms with van der Waals surface area (Å²) in [6, 6.07) is 11.0. The van der Waals surface area contributed by atoms with Crippen LogP contribution in [0, 0.1) is 5.92 Å². The number of nitrogens with zero attached hydrogens (tertiary/aromatic N) is 1. The van der Waals surface area contributed by atoms with Crippen LogP contribution in [0.3, 0.4) is 0 Å². The zero-order valence-electron chi connectivity index (χ0n) is 14.1. The van der Waals surface area contributed by atoms with E-state index in [2.05, 4.69) is 36.6 Å². The van der Waals surface area contributed by atoms with Gasteiger partial charge in [-0.1, -0.05) is 32.0 Å². The van der Waals surface area contributed by atoms with Crippen molar-refractivity contribution in [2.45, 2.75) is 45.2 Å². The molecule has 1 fully saturated rings. The molecule has 23 heavy (non-hydrogen) atoms. The van der Waals surface area contributed by atoms with Crippen molar-refractivity contribution in [3.63, 3.8) is 0 Å². The van der Waals surface area contributed by atoms with Crippen LogP contribution in [0.15, 0.2) is 30.3 Å². The molecule has 0 unspecified atom stereocenters. The maximum Gasteiger partial charge on any atom is 0.251 e. The van der Waals surface area contributed by atoms with Crippen molar-refractivity contribution in [3.05, 3.63) is 30.3 Å². The van der Waals surface area contributed by atoms with Crippen LogP contribution in [0.1, 0.15) is 26.7 Å². The number of piperidine rings is 1. The summed E-state index contributed by atoms with van der Waals surface area (Å²) in [5.41, 5.74) is 1.14. The molecule has 1 heterocycles. The Morgan fingerprint density at radius 2 is 1.78 bits per heavy atom. The molecule has 1 atom stereocenters. The smallest absolute Gasteiger partial charge is 0.251 e. The number of halogens is 2. The number of rotatable bonds is 8. The predicted molar refractivity (Wildman–Crippen MR) is 92.2 cm³/mol. The van der Waals surface area contributed by atoms with Crippen LogP contribution < -0.4 is 10.6 Å². The fraction of sp³-hybridized carbons (Fsp3) is 0.667. The molecule has 1 aliphatic heterocycles. The number of hydrogen-bond acceptors (Lipinski definition) is 3. The van der Waals surface area contributed by atoms with Crippen molar-refractivity contribution in [3.8, 4) is 0 Å². The Bertz CT molecular complexity index is 431. The van der Waals surface area contributed by atoms with Crippen LogP contribution >= 0.6 is 0 Å². The van der Waals surface area contributed by atoms with Crippen LogP contribution in [0.2, 0.25) is 0 Å². The van der Waals surface area contributed by atoms with Crippen molar-refractivity contribution >= 4 is 5.69 Å². The highest BCUT2D eigenvalue weighted by Crippen LogP contribution is 2.15. The lowest BCUT2D eigenvalue weighted by Gasteiger charge is -2.33. The van der Waals surface area contributed by atoms with Gasteiger partial charge in [0.2, 0.25) is 0 Å². The third kappa shape index (κ3) is 6.43. The summed E-state index contributed by atoms with van der Waals surface area (Å²) in [6.07, 6.45) is -0.328. The molecular weight excluding hydrogens is 296 g/mol. The maximum atomic E-state index is 12.4. The molecule has 0 spiro atoms.